The standard InChI is InChI=1S/C25H24O12/c26-15-5-1-13(11-18(15)29)3-7-20(31)36-22-17(28)9-10-25(23(22)33,24(34)35)37-21(32)8-4-14-2-6-16(27)19(30)12-14/h1-8,11-12,17,22-23,26-30,33H,9-10H2,(H,34,35)/b7-3+,8-4+/t17-,22-,23-,25-/m1/s1. The molecule has 1 saturated carbocycles. The van der Waals surface area contributed by atoms with E-state index in [0.717, 1.165) is 24.3 Å². The van der Waals surface area contributed by atoms with Crippen LogP contribution in [0.5, 0.6) is 23.0 Å². The van der Waals surface area contributed by atoms with E-state index in [-0.39, 0.29) is 23.5 Å². The lowest BCUT2D eigenvalue weighted by molar-refractivity contribution is -0.224. The summed E-state index contributed by atoms with van der Waals surface area (Å²) in [5.41, 5.74) is -1.97. The summed E-state index contributed by atoms with van der Waals surface area (Å²) in [5.74, 6) is -5.62. The predicted molar refractivity (Wildman–Crippen MR) is 125 cm³/mol. The highest BCUT2D eigenvalue weighted by Crippen LogP contribution is 2.35. The lowest BCUT2D eigenvalue weighted by atomic mass is 9.78. The van der Waals surface area contributed by atoms with Crippen LogP contribution in [-0.2, 0) is 23.9 Å². The maximum atomic E-state index is 12.4. The molecule has 196 valence electrons. The van der Waals surface area contributed by atoms with Crippen LogP contribution in [0.4, 0.5) is 0 Å². The minimum absolute atomic E-state index is 0.275. The number of hydrogen-bond acceptors (Lipinski definition) is 11. The highest BCUT2D eigenvalue weighted by atomic mass is 16.6. The zero-order chi connectivity index (χ0) is 27.3. The third-order valence-electron chi connectivity index (χ3n) is 5.70. The number of aromatic hydroxyl groups is 4. The van der Waals surface area contributed by atoms with Crippen molar-refractivity contribution in [1.29, 1.82) is 0 Å². The number of carbonyl (C=O) groups excluding carboxylic acids is 2. The van der Waals surface area contributed by atoms with Gasteiger partial charge in [-0.05, 0) is 54.0 Å². The van der Waals surface area contributed by atoms with Crippen molar-refractivity contribution in [2.75, 3.05) is 0 Å². The van der Waals surface area contributed by atoms with E-state index in [1.165, 1.54) is 36.4 Å². The summed E-state index contributed by atoms with van der Waals surface area (Å²) in [7, 11) is 0. The summed E-state index contributed by atoms with van der Waals surface area (Å²) in [5, 5.41) is 68.5. The number of carboxylic acid groups (broad SMARTS) is 1. The second-order valence-electron chi connectivity index (χ2n) is 8.23. The second-order valence-corrected chi connectivity index (χ2v) is 8.23. The molecule has 12 nitrogen and oxygen atoms in total. The van der Waals surface area contributed by atoms with Gasteiger partial charge in [-0.15, -0.1) is 0 Å². The molecule has 2 aromatic rings. The Morgan fingerprint density at radius 3 is 1.81 bits per heavy atom. The first-order chi connectivity index (χ1) is 17.4. The molecule has 12 heteroatoms. The van der Waals surface area contributed by atoms with E-state index in [1.54, 1.807) is 0 Å². The van der Waals surface area contributed by atoms with Crippen LogP contribution >= 0.6 is 0 Å². The lowest BCUT2D eigenvalue weighted by Crippen LogP contribution is -2.64. The number of aliphatic hydroxyl groups excluding tert-OH is 2. The van der Waals surface area contributed by atoms with Crippen LogP contribution in [0.2, 0.25) is 0 Å². The third-order valence-corrected chi connectivity index (χ3v) is 5.70. The largest absolute Gasteiger partial charge is 0.504 e. The summed E-state index contributed by atoms with van der Waals surface area (Å²) in [4.78, 5) is 36.8. The van der Waals surface area contributed by atoms with Crippen molar-refractivity contribution in [3.8, 4) is 23.0 Å². The van der Waals surface area contributed by atoms with Crippen molar-refractivity contribution in [3.63, 3.8) is 0 Å². The molecule has 0 bridgehead atoms. The first-order valence-corrected chi connectivity index (χ1v) is 10.9. The number of rotatable bonds is 7. The number of hydrogen-bond donors (Lipinski definition) is 7. The van der Waals surface area contributed by atoms with E-state index in [1.807, 2.05) is 0 Å². The molecule has 1 aliphatic carbocycles. The number of carboxylic acids is 1. The Morgan fingerprint density at radius 1 is 0.811 bits per heavy atom. The van der Waals surface area contributed by atoms with E-state index in [4.69, 9.17) is 9.47 Å². The normalized spacial score (nSPS) is 23.7. The zero-order valence-corrected chi connectivity index (χ0v) is 19.1. The Balaban J connectivity index is 1.74. The number of carbonyl (C=O) groups is 3. The van der Waals surface area contributed by atoms with Gasteiger partial charge >= 0.3 is 17.9 Å². The van der Waals surface area contributed by atoms with Crippen LogP contribution in [0.15, 0.2) is 48.6 Å². The van der Waals surface area contributed by atoms with Crippen LogP contribution in [0.3, 0.4) is 0 Å². The fourth-order valence-corrected chi connectivity index (χ4v) is 3.69. The summed E-state index contributed by atoms with van der Waals surface area (Å²) in [6.07, 6.45) is -2.04. The summed E-state index contributed by atoms with van der Waals surface area (Å²) >= 11 is 0. The van der Waals surface area contributed by atoms with Gasteiger partial charge in [-0.3, -0.25) is 0 Å². The first-order valence-electron chi connectivity index (χ1n) is 10.9. The average Bonchev–Trinajstić information content (AvgIpc) is 2.85. The maximum Gasteiger partial charge on any atom is 0.351 e. The Labute approximate surface area is 209 Å². The summed E-state index contributed by atoms with van der Waals surface area (Å²) in [6.45, 7) is 0. The van der Waals surface area contributed by atoms with Gasteiger partial charge in [0.25, 0.3) is 0 Å². The minimum atomic E-state index is -2.55. The highest BCUT2D eigenvalue weighted by molar-refractivity contribution is 5.91. The van der Waals surface area contributed by atoms with Crippen LogP contribution < -0.4 is 0 Å². The van der Waals surface area contributed by atoms with E-state index in [2.05, 4.69) is 0 Å². The van der Waals surface area contributed by atoms with E-state index in [9.17, 15) is 50.1 Å². The van der Waals surface area contributed by atoms with Crippen molar-refractivity contribution < 1.29 is 59.6 Å². The molecule has 2 aromatic carbocycles. The number of esters is 2. The topological polar surface area (TPSA) is 211 Å². The molecule has 0 aliphatic heterocycles. The molecule has 4 atom stereocenters. The highest BCUT2D eigenvalue weighted by Gasteiger charge is 2.58. The summed E-state index contributed by atoms with van der Waals surface area (Å²) < 4.78 is 10.2. The monoisotopic (exact) mass is 516 g/mol. The molecule has 7 N–H and O–H groups in total. The van der Waals surface area contributed by atoms with Gasteiger partial charge in [-0.2, -0.15) is 0 Å². The molecule has 0 amide bonds. The molecule has 3 rings (SSSR count). The molecule has 37 heavy (non-hydrogen) atoms. The molecule has 1 fully saturated rings. The number of aliphatic carboxylic acids is 1. The Morgan fingerprint density at radius 2 is 1.32 bits per heavy atom. The quantitative estimate of drug-likeness (QED) is 0.156. The lowest BCUT2D eigenvalue weighted by Gasteiger charge is -2.42. The van der Waals surface area contributed by atoms with Crippen molar-refractivity contribution in [3.05, 3.63) is 59.7 Å². The molecule has 0 saturated heterocycles. The second kappa shape index (κ2) is 11.0. The van der Waals surface area contributed by atoms with E-state index >= 15 is 0 Å². The van der Waals surface area contributed by atoms with Crippen LogP contribution in [-0.4, -0.2) is 77.6 Å². The fraction of sp³-hybridized carbons (Fsp3) is 0.240. The van der Waals surface area contributed by atoms with E-state index in [0.29, 0.717) is 5.56 Å². The molecular weight excluding hydrogens is 492 g/mol. The number of phenols is 4. The average molecular weight is 516 g/mol. The molecule has 0 unspecified atom stereocenters. The molecule has 0 aromatic heterocycles. The Kier molecular flexibility index (Phi) is 8.05. The van der Waals surface area contributed by atoms with Crippen LogP contribution in [0.25, 0.3) is 12.2 Å². The van der Waals surface area contributed by atoms with Crippen molar-refractivity contribution >= 4 is 30.1 Å². The number of benzene rings is 2. The van der Waals surface area contributed by atoms with Gasteiger partial charge in [-0.1, -0.05) is 12.1 Å². The van der Waals surface area contributed by atoms with Gasteiger partial charge in [0.1, 0.15) is 6.10 Å². The first kappa shape index (κ1) is 27.0. The molecule has 0 radical (unpaired) electrons. The van der Waals surface area contributed by atoms with E-state index < -0.39 is 59.7 Å². The fourth-order valence-electron chi connectivity index (χ4n) is 3.69. The van der Waals surface area contributed by atoms with Crippen molar-refractivity contribution in [2.24, 2.45) is 0 Å². The third kappa shape index (κ3) is 6.18. The predicted octanol–water partition coefficient (Wildman–Crippen LogP) is 1.03. The summed E-state index contributed by atoms with van der Waals surface area (Å²) in [6, 6.07) is 7.39. The van der Waals surface area contributed by atoms with Gasteiger partial charge < -0.3 is 45.2 Å². The number of aliphatic hydroxyl groups is 2. The molecule has 0 heterocycles. The molecule has 1 aliphatic rings. The van der Waals surface area contributed by atoms with Gasteiger partial charge in [0.15, 0.2) is 29.1 Å². The Bertz CT molecular complexity index is 1250. The minimum Gasteiger partial charge on any atom is -0.504 e. The van der Waals surface area contributed by atoms with Crippen LogP contribution in [0.1, 0.15) is 24.0 Å². The Hall–Kier alpha value is -4.55. The smallest absolute Gasteiger partial charge is 0.351 e. The van der Waals surface area contributed by atoms with Crippen LogP contribution in [0, 0.1) is 0 Å². The SMILES string of the molecule is O=C(/C=C/c1ccc(O)c(O)c1)O[C@@H]1[C@H](O)CC[C@](OC(=O)/C=C/c2ccc(O)c(O)c2)(C(=O)O)[C@@H]1O. The molecular formula is C25H24O12. The number of ether oxygens (including phenoxy) is 2. The van der Waals surface area contributed by atoms with Crippen molar-refractivity contribution in [1.82, 2.24) is 0 Å². The molecule has 0 spiro atoms. The number of phenolic OH excluding ortho intramolecular Hbond substituents is 4. The maximum absolute atomic E-state index is 12.4. The van der Waals surface area contributed by atoms with Gasteiger partial charge in [0.05, 0.1) is 6.10 Å². The van der Waals surface area contributed by atoms with Gasteiger partial charge in [0.2, 0.25) is 5.60 Å². The van der Waals surface area contributed by atoms with Gasteiger partial charge in [0, 0.05) is 18.6 Å². The van der Waals surface area contributed by atoms with Crippen molar-refractivity contribution in [2.45, 2.75) is 36.8 Å². The van der Waals surface area contributed by atoms with Gasteiger partial charge in [-0.25, -0.2) is 14.4 Å². The zero-order valence-electron chi connectivity index (χ0n) is 19.1.